The summed E-state index contributed by atoms with van der Waals surface area (Å²) in [7, 11) is 0. The third kappa shape index (κ3) is 4.31. The summed E-state index contributed by atoms with van der Waals surface area (Å²) < 4.78 is 0. The summed E-state index contributed by atoms with van der Waals surface area (Å²) in [4.78, 5) is 11.6. The number of phenolic OH excluding ortho intramolecular Hbond substituents is 1. The molecule has 1 aromatic carbocycles. The van der Waals surface area contributed by atoms with Crippen LogP contribution in [0.5, 0.6) is 5.75 Å². The fraction of sp³-hybridized carbons (Fsp3) is 0.417. The molecule has 0 aliphatic heterocycles. The smallest absolute Gasteiger partial charge is 0.251 e. The molecular formula is C12H18N2O2. The van der Waals surface area contributed by atoms with Crippen molar-refractivity contribution in [2.45, 2.75) is 13.3 Å². The van der Waals surface area contributed by atoms with E-state index in [1.165, 1.54) is 6.07 Å². The number of aromatic hydroxyl groups is 1. The van der Waals surface area contributed by atoms with Crippen LogP contribution in [0.15, 0.2) is 24.3 Å². The summed E-state index contributed by atoms with van der Waals surface area (Å²) in [6, 6.07) is 6.32. The molecule has 88 valence electrons. The average molecular weight is 222 g/mol. The Labute approximate surface area is 95.7 Å². The van der Waals surface area contributed by atoms with Crippen molar-refractivity contribution < 1.29 is 9.90 Å². The maximum Gasteiger partial charge on any atom is 0.251 e. The molecule has 0 aromatic heterocycles. The van der Waals surface area contributed by atoms with Gasteiger partial charge in [0.2, 0.25) is 0 Å². The van der Waals surface area contributed by atoms with Crippen LogP contribution in [0.4, 0.5) is 0 Å². The predicted molar refractivity (Wildman–Crippen MR) is 63.6 cm³/mol. The fourth-order valence-electron chi connectivity index (χ4n) is 1.32. The predicted octanol–water partition coefficient (Wildman–Crippen LogP) is 1.12. The molecule has 1 amide bonds. The summed E-state index contributed by atoms with van der Waals surface area (Å²) in [5.74, 6) is -0.0500. The molecule has 0 heterocycles. The average Bonchev–Trinajstić information content (AvgIpc) is 2.28. The van der Waals surface area contributed by atoms with Gasteiger partial charge in [0.15, 0.2) is 0 Å². The number of amides is 1. The summed E-state index contributed by atoms with van der Waals surface area (Å²) in [5, 5.41) is 15.2. The highest BCUT2D eigenvalue weighted by Gasteiger charge is 2.04. The van der Waals surface area contributed by atoms with E-state index in [-0.39, 0.29) is 11.7 Å². The van der Waals surface area contributed by atoms with E-state index in [1.807, 2.05) is 0 Å². The maximum atomic E-state index is 11.6. The van der Waals surface area contributed by atoms with Gasteiger partial charge in [0.1, 0.15) is 5.75 Å². The number of benzene rings is 1. The SMILES string of the molecule is CCCNCCNC(=O)c1cccc(O)c1. The number of carbonyl (C=O) groups is 1. The standard InChI is InChI=1S/C12H18N2O2/c1-2-6-13-7-8-14-12(16)10-4-3-5-11(15)9-10/h3-5,9,13,15H,2,6-8H2,1H3,(H,14,16). The highest BCUT2D eigenvalue weighted by atomic mass is 16.3. The summed E-state index contributed by atoms with van der Waals surface area (Å²) >= 11 is 0. The van der Waals surface area contributed by atoms with Crippen LogP contribution in [0.1, 0.15) is 23.7 Å². The van der Waals surface area contributed by atoms with Crippen molar-refractivity contribution in [1.82, 2.24) is 10.6 Å². The second-order valence-corrected chi connectivity index (χ2v) is 3.56. The second kappa shape index (κ2) is 6.85. The molecule has 0 fully saturated rings. The first-order chi connectivity index (χ1) is 7.74. The molecule has 1 aromatic rings. The molecule has 0 radical (unpaired) electrons. The quantitative estimate of drug-likeness (QED) is 0.632. The molecule has 0 spiro atoms. The third-order valence-corrected chi connectivity index (χ3v) is 2.12. The second-order valence-electron chi connectivity index (χ2n) is 3.56. The molecule has 0 saturated heterocycles. The molecule has 0 unspecified atom stereocenters. The molecule has 4 nitrogen and oxygen atoms in total. The number of phenols is 1. The maximum absolute atomic E-state index is 11.6. The van der Waals surface area contributed by atoms with E-state index in [4.69, 9.17) is 0 Å². The van der Waals surface area contributed by atoms with Crippen LogP contribution in [0, 0.1) is 0 Å². The number of carbonyl (C=O) groups excluding carboxylic acids is 1. The van der Waals surface area contributed by atoms with Gasteiger partial charge in [-0.25, -0.2) is 0 Å². The van der Waals surface area contributed by atoms with Gasteiger partial charge in [-0.05, 0) is 31.2 Å². The number of nitrogens with one attached hydrogen (secondary N) is 2. The van der Waals surface area contributed by atoms with E-state index in [9.17, 15) is 9.90 Å². The van der Waals surface area contributed by atoms with Crippen molar-refractivity contribution >= 4 is 5.91 Å². The molecule has 1 rings (SSSR count). The molecule has 0 aliphatic rings. The minimum atomic E-state index is -0.158. The van der Waals surface area contributed by atoms with E-state index in [2.05, 4.69) is 17.6 Å². The van der Waals surface area contributed by atoms with E-state index in [0.29, 0.717) is 12.1 Å². The van der Waals surface area contributed by atoms with E-state index in [1.54, 1.807) is 18.2 Å². The van der Waals surface area contributed by atoms with Crippen LogP contribution in [-0.2, 0) is 0 Å². The van der Waals surface area contributed by atoms with Gasteiger partial charge in [0.05, 0.1) is 0 Å². The van der Waals surface area contributed by atoms with Gasteiger partial charge in [-0.2, -0.15) is 0 Å². The number of hydrogen-bond acceptors (Lipinski definition) is 3. The molecule has 0 bridgehead atoms. The molecule has 16 heavy (non-hydrogen) atoms. The van der Waals surface area contributed by atoms with Crippen LogP contribution < -0.4 is 10.6 Å². The molecule has 0 atom stereocenters. The van der Waals surface area contributed by atoms with Crippen LogP contribution in [0.3, 0.4) is 0 Å². The van der Waals surface area contributed by atoms with Crippen molar-refractivity contribution in [1.29, 1.82) is 0 Å². The number of rotatable bonds is 6. The lowest BCUT2D eigenvalue weighted by Gasteiger charge is -2.06. The van der Waals surface area contributed by atoms with Gasteiger partial charge >= 0.3 is 0 Å². The summed E-state index contributed by atoms with van der Waals surface area (Å²) in [6.45, 7) is 4.41. The largest absolute Gasteiger partial charge is 0.508 e. The zero-order valence-corrected chi connectivity index (χ0v) is 9.49. The Hall–Kier alpha value is -1.55. The van der Waals surface area contributed by atoms with Gasteiger partial charge in [-0.15, -0.1) is 0 Å². The van der Waals surface area contributed by atoms with Gasteiger partial charge in [0.25, 0.3) is 5.91 Å². The molecule has 0 aliphatic carbocycles. The third-order valence-electron chi connectivity index (χ3n) is 2.12. The Morgan fingerprint density at radius 3 is 2.81 bits per heavy atom. The zero-order valence-electron chi connectivity index (χ0n) is 9.49. The first-order valence-electron chi connectivity index (χ1n) is 5.52. The van der Waals surface area contributed by atoms with Gasteiger partial charge in [-0.3, -0.25) is 4.79 Å². The minimum absolute atomic E-state index is 0.108. The van der Waals surface area contributed by atoms with Gasteiger partial charge in [0, 0.05) is 18.7 Å². The molecule has 3 N–H and O–H groups in total. The van der Waals surface area contributed by atoms with Crippen LogP contribution >= 0.6 is 0 Å². The van der Waals surface area contributed by atoms with Crippen molar-refractivity contribution in [3.63, 3.8) is 0 Å². The molecular weight excluding hydrogens is 204 g/mol. The van der Waals surface area contributed by atoms with Crippen molar-refractivity contribution in [3.8, 4) is 5.75 Å². The first-order valence-corrected chi connectivity index (χ1v) is 5.52. The fourth-order valence-corrected chi connectivity index (χ4v) is 1.32. The van der Waals surface area contributed by atoms with E-state index < -0.39 is 0 Å². The Morgan fingerprint density at radius 2 is 2.12 bits per heavy atom. The van der Waals surface area contributed by atoms with Gasteiger partial charge < -0.3 is 15.7 Å². The van der Waals surface area contributed by atoms with Crippen molar-refractivity contribution in [2.24, 2.45) is 0 Å². The summed E-state index contributed by atoms with van der Waals surface area (Å²) in [5.41, 5.74) is 0.482. The van der Waals surface area contributed by atoms with Crippen molar-refractivity contribution in [3.05, 3.63) is 29.8 Å². The van der Waals surface area contributed by atoms with E-state index >= 15 is 0 Å². The van der Waals surface area contributed by atoms with Crippen LogP contribution in [0.2, 0.25) is 0 Å². The highest BCUT2D eigenvalue weighted by molar-refractivity contribution is 5.94. The summed E-state index contributed by atoms with van der Waals surface area (Å²) in [6.07, 6.45) is 1.08. The Kier molecular flexibility index (Phi) is 5.36. The van der Waals surface area contributed by atoms with Crippen LogP contribution in [-0.4, -0.2) is 30.6 Å². The lowest BCUT2D eigenvalue weighted by molar-refractivity contribution is 0.0953. The molecule has 0 saturated carbocycles. The normalized spacial score (nSPS) is 10.1. The Bertz CT molecular complexity index is 340. The first kappa shape index (κ1) is 12.5. The zero-order chi connectivity index (χ0) is 11.8. The van der Waals surface area contributed by atoms with E-state index in [0.717, 1.165) is 19.5 Å². The minimum Gasteiger partial charge on any atom is -0.508 e. The Balaban J connectivity index is 2.30. The van der Waals surface area contributed by atoms with Gasteiger partial charge in [-0.1, -0.05) is 13.0 Å². The highest BCUT2D eigenvalue weighted by Crippen LogP contribution is 2.10. The topological polar surface area (TPSA) is 61.4 Å². The lowest BCUT2D eigenvalue weighted by Crippen LogP contribution is -2.32. The molecule has 4 heteroatoms. The lowest BCUT2D eigenvalue weighted by atomic mass is 10.2. The van der Waals surface area contributed by atoms with Crippen molar-refractivity contribution in [2.75, 3.05) is 19.6 Å². The number of hydrogen-bond donors (Lipinski definition) is 3. The van der Waals surface area contributed by atoms with Crippen LogP contribution in [0.25, 0.3) is 0 Å². The Morgan fingerprint density at radius 1 is 1.31 bits per heavy atom. The monoisotopic (exact) mass is 222 g/mol.